The zero-order chi connectivity index (χ0) is 21.4. The number of carbonyl (C=O) groups excluding carboxylic acids is 2. The second kappa shape index (κ2) is 7.89. The highest BCUT2D eigenvalue weighted by molar-refractivity contribution is 5.98. The maximum Gasteiger partial charge on any atom is 0.339 e. The van der Waals surface area contributed by atoms with Crippen LogP contribution in [0.4, 0.5) is 5.82 Å². The number of Topliss-reactive ketones (excluding diaryl/α,β-unsaturated/α-hetero) is 1. The molecule has 30 heavy (non-hydrogen) atoms. The van der Waals surface area contributed by atoms with Crippen LogP contribution in [0.5, 0.6) is 0 Å². The highest BCUT2D eigenvalue weighted by Gasteiger charge is 2.35. The number of rotatable bonds is 4. The summed E-state index contributed by atoms with van der Waals surface area (Å²) in [4.78, 5) is 38.6. The van der Waals surface area contributed by atoms with Crippen LogP contribution < -0.4 is 4.90 Å². The van der Waals surface area contributed by atoms with E-state index >= 15 is 0 Å². The molecule has 156 valence electrons. The normalized spacial score (nSPS) is 21.6. The van der Waals surface area contributed by atoms with Gasteiger partial charge < -0.3 is 14.6 Å². The van der Waals surface area contributed by atoms with Crippen LogP contribution in [-0.2, 0) is 9.53 Å². The molecule has 1 fully saturated rings. The van der Waals surface area contributed by atoms with Gasteiger partial charge in [-0.15, -0.1) is 0 Å². The Hall–Kier alpha value is -3.22. The number of nitrogens with one attached hydrogen (secondary N) is 1. The lowest BCUT2D eigenvalue weighted by atomic mass is 9.77. The summed E-state index contributed by atoms with van der Waals surface area (Å²) in [5.74, 6) is 1.38. The number of hydrogen-bond acceptors (Lipinski definition) is 6. The number of aromatic nitrogens is 3. The zero-order valence-electron chi connectivity index (χ0n) is 17.7. The average molecular weight is 406 g/mol. The molecular weight excluding hydrogens is 380 g/mol. The minimum atomic E-state index is -0.422. The SMILES string of the molecule is COC(=O)c1cnc2[nH]cc(-c3cccc(N4C[C@@H](C)C(C(C)=O)[C@@H](C)C4)n3)c2c1. The fourth-order valence-electron chi connectivity index (χ4n) is 4.74. The van der Waals surface area contributed by atoms with Crippen molar-refractivity contribution >= 4 is 28.6 Å². The van der Waals surface area contributed by atoms with Crippen molar-refractivity contribution in [2.24, 2.45) is 17.8 Å². The minimum absolute atomic E-state index is 0.0980. The largest absolute Gasteiger partial charge is 0.465 e. The number of ketones is 1. The molecule has 4 rings (SSSR count). The molecule has 0 saturated carbocycles. The summed E-state index contributed by atoms with van der Waals surface area (Å²) in [5.41, 5.74) is 2.77. The van der Waals surface area contributed by atoms with Gasteiger partial charge in [0.25, 0.3) is 0 Å². The standard InChI is InChI=1S/C23H26N4O3/c1-13-11-27(12-14(2)21(13)15(3)28)20-7-5-6-19(26-20)18-10-25-22-17(18)8-16(9-24-22)23(29)30-4/h5-10,13-14,21H,11-12H2,1-4H3,(H,24,25)/t13-,14+,21?. The molecule has 1 aliphatic heterocycles. The van der Waals surface area contributed by atoms with Crippen LogP contribution in [0.2, 0.25) is 0 Å². The number of nitrogens with zero attached hydrogens (tertiary/aromatic N) is 3. The van der Waals surface area contributed by atoms with Crippen molar-refractivity contribution in [3.8, 4) is 11.3 Å². The molecule has 3 aromatic rings. The lowest BCUT2D eigenvalue weighted by Crippen LogP contribution is -2.47. The van der Waals surface area contributed by atoms with Gasteiger partial charge in [0.1, 0.15) is 17.2 Å². The quantitative estimate of drug-likeness (QED) is 0.665. The Labute approximate surface area is 175 Å². The molecule has 3 atom stereocenters. The Kier molecular flexibility index (Phi) is 5.28. The van der Waals surface area contributed by atoms with E-state index in [4.69, 9.17) is 9.72 Å². The predicted molar refractivity (Wildman–Crippen MR) is 115 cm³/mol. The van der Waals surface area contributed by atoms with Crippen LogP contribution in [-0.4, -0.2) is 46.9 Å². The Balaban J connectivity index is 1.68. The van der Waals surface area contributed by atoms with Crippen LogP contribution in [0, 0.1) is 17.8 Å². The first kappa shape index (κ1) is 20.1. The third-order valence-corrected chi connectivity index (χ3v) is 6.00. The third-order valence-electron chi connectivity index (χ3n) is 6.00. The van der Waals surface area contributed by atoms with Crippen molar-refractivity contribution in [1.29, 1.82) is 0 Å². The van der Waals surface area contributed by atoms with Crippen molar-refractivity contribution in [1.82, 2.24) is 15.0 Å². The van der Waals surface area contributed by atoms with E-state index in [-0.39, 0.29) is 23.5 Å². The number of hydrogen-bond donors (Lipinski definition) is 1. The smallest absolute Gasteiger partial charge is 0.339 e. The highest BCUT2D eigenvalue weighted by Crippen LogP contribution is 2.33. The molecule has 3 aromatic heterocycles. The summed E-state index contributed by atoms with van der Waals surface area (Å²) in [5, 5.41) is 0.819. The molecule has 0 spiro atoms. The topological polar surface area (TPSA) is 88.2 Å². The second-order valence-electron chi connectivity index (χ2n) is 8.19. The van der Waals surface area contributed by atoms with Crippen LogP contribution in [0.1, 0.15) is 31.1 Å². The number of esters is 1. The fraction of sp³-hybridized carbons (Fsp3) is 0.391. The Morgan fingerprint density at radius 2 is 1.93 bits per heavy atom. The number of fused-ring (bicyclic) bond motifs is 1. The second-order valence-corrected chi connectivity index (χ2v) is 8.19. The molecule has 1 unspecified atom stereocenters. The third kappa shape index (κ3) is 3.56. The number of aromatic amines is 1. The number of anilines is 1. The Morgan fingerprint density at radius 3 is 2.60 bits per heavy atom. The molecule has 4 heterocycles. The summed E-state index contributed by atoms with van der Waals surface area (Å²) in [6.45, 7) is 7.57. The first-order chi connectivity index (χ1) is 14.4. The molecule has 0 bridgehead atoms. The van der Waals surface area contributed by atoms with Crippen molar-refractivity contribution < 1.29 is 14.3 Å². The monoisotopic (exact) mass is 406 g/mol. The van der Waals surface area contributed by atoms with Gasteiger partial charge in [0.05, 0.1) is 18.4 Å². The van der Waals surface area contributed by atoms with Gasteiger partial charge in [0.2, 0.25) is 0 Å². The Morgan fingerprint density at radius 1 is 1.20 bits per heavy atom. The minimum Gasteiger partial charge on any atom is -0.465 e. The van der Waals surface area contributed by atoms with E-state index in [1.165, 1.54) is 13.3 Å². The summed E-state index contributed by atoms with van der Waals surface area (Å²) in [6.07, 6.45) is 3.36. The van der Waals surface area contributed by atoms with Crippen molar-refractivity contribution in [3.05, 3.63) is 42.2 Å². The van der Waals surface area contributed by atoms with E-state index in [0.717, 1.165) is 35.6 Å². The van der Waals surface area contributed by atoms with Crippen LogP contribution >= 0.6 is 0 Å². The van der Waals surface area contributed by atoms with E-state index in [0.29, 0.717) is 11.2 Å². The number of piperidine rings is 1. The number of H-pyrrole nitrogens is 1. The molecule has 1 N–H and O–H groups in total. The fourth-order valence-corrected chi connectivity index (χ4v) is 4.74. The molecule has 1 aliphatic rings. The van der Waals surface area contributed by atoms with Gasteiger partial charge in [0.15, 0.2) is 0 Å². The van der Waals surface area contributed by atoms with Gasteiger partial charge in [-0.1, -0.05) is 19.9 Å². The van der Waals surface area contributed by atoms with Gasteiger partial charge in [-0.2, -0.15) is 0 Å². The van der Waals surface area contributed by atoms with E-state index in [9.17, 15) is 9.59 Å². The number of ether oxygens (including phenoxy) is 1. The average Bonchev–Trinajstić information content (AvgIpc) is 3.15. The van der Waals surface area contributed by atoms with Gasteiger partial charge in [-0.25, -0.2) is 14.8 Å². The van der Waals surface area contributed by atoms with Crippen LogP contribution in [0.3, 0.4) is 0 Å². The van der Waals surface area contributed by atoms with Crippen molar-refractivity contribution in [3.63, 3.8) is 0 Å². The van der Waals surface area contributed by atoms with Gasteiger partial charge >= 0.3 is 5.97 Å². The lowest BCUT2D eigenvalue weighted by molar-refractivity contribution is -0.124. The summed E-state index contributed by atoms with van der Waals surface area (Å²) < 4.78 is 4.82. The van der Waals surface area contributed by atoms with Gasteiger partial charge in [0, 0.05) is 42.4 Å². The van der Waals surface area contributed by atoms with E-state index in [2.05, 4.69) is 28.7 Å². The molecule has 1 saturated heterocycles. The van der Waals surface area contributed by atoms with Gasteiger partial charge in [-0.3, -0.25) is 4.79 Å². The first-order valence-corrected chi connectivity index (χ1v) is 10.2. The van der Waals surface area contributed by atoms with Crippen LogP contribution in [0.15, 0.2) is 36.7 Å². The summed E-state index contributed by atoms with van der Waals surface area (Å²) in [6, 6.07) is 7.72. The summed E-state index contributed by atoms with van der Waals surface area (Å²) in [7, 11) is 1.35. The number of carbonyl (C=O) groups is 2. The van der Waals surface area contributed by atoms with E-state index < -0.39 is 5.97 Å². The Bertz CT molecular complexity index is 1090. The number of pyridine rings is 2. The summed E-state index contributed by atoms with van der Waals surface area (Å²) >= 11 is 0. The zero-order valence-corrected chi connectivity index (χ0v) is 17.7. The van der Waals surface area contributed by atoms with E-state index in [1.807, 2.05) is 24.4 Å². The number of methoxy groups -OCH3 is 1. The molecule has 0 radical (unpaired) electrons. The maximum absolute atomic E-state index is 12.0. The predicted octanol–water partition coefficient (Wildman–Crippen LogP) is 3.71. The van der Waals surface area contributed by atoms with E-state index in [1.54, 1.807) is 13.0 Å². The van der Waals surface area contributed by atoms with Crippen molar-refractivity contribution in [2.75, 3.05) is 25.1 Å². The highest BCUT2D eigenvalue weighted by atomic mass is 16.5. The first-order valence-electron chi connectivity index (χ1n) is 10.2. The molecule has 0 amide bonds. The van der Waals surface area contributed by atoms with Gasteiger partial charge in [-0.05, 0) is 37.0 Å². The van der Waals surface area contributed by atoms with Crippen molar-refractivity contribution in [2.45, 2.75) is 20.8 Å². The maximum atomic E-state index is 12.0. The molecule has 7 heteroatoms. The van der Waals surface area contributed by atoms with Crippen LogP contribution in [0.25, 0.3) is 22.3 Å². The molecule has 0 aromatic carbocycles. The molecular formula is C23H26N4O3. The molecule has 0 aliphatic carbocycles. The lowest BCUT2D eigenvalue weighted by Gasteiger charge is -2.41. The molecule has 7 nitrogen and oxygen atoms in total.